The van der Waals surface area contributed by atoms with Crippen molar-refractivity contribution in [2.24, 2.45) is 0 Å². The van der Waals surface area contributed by atoms with Gasteiger partial charge in [-0.1, -0.05) is 12.1 Å². The van der Waals surface area contributed by atoms with Gasteiger partial charge in [0, 0.05) is 12.7 Å². The summed E-state index contributed by atoms with van der Waals surface area (Å²) in [5.41, 5.74) is -0.148. The fraction of sp³-hybridized carbons (Fsp3) is 0.467. The van der Waals surface area contributed by atoms with E-state index in [0.29, 0.717) is 5.56 Å². The summed E-state index contributed by atoms with van der Waals surface area (Å²) in [7, 11) is -3.31. The highest BCUT2D eigenvalue weighted by Crippen LogP contribution is 2.12. The topological polar surface area (TPSA) is 110 Å². The van der Waals surface area contributed by atoms with Crippen LogP contribution in [-0.4, -0.2) is 43.5 Å². The Labute approximate surface area is 135 Å². The van der Waals surface area contributed by atoms with Crippen molar-refractivity contribution in [1.29, 1.82) is 0 Å². The van der Waals surface area contributed by atoms with Crippen LogP contribution in [0.1, 0.15) is 26.3 Å². The lowest BCUT2D eigenvalue weighted by molar-refractivity contribution is -0.139. The number of aliphatic carboxylic acids is 1. The van der Waals surface area contributed by atoms with E-state index in [1.807, 2.05) is 0 Å². The lowest BCUT2D eigenvalue weighted by atomic mass is 10.1. The number of carbonyl (C=O) groups excluding carboxylic acids is 1. The van der Waals surface area contributed by atoms with Crippen LogP contribution in [0.3, 0.4) is 0 Å². The molecule has 0 aliphatic rings. The molecule has 8 heteroatoms. The van der Waals surface area contributed by atoms with Crippen LogP contribution in [0.5, 0.6) is 0 Å². The van der Waals surface area contributed by atoms with E-state index in [0.717, 1.165) is 6.26 Å². The maximum atomic E-state index is 11.7. The first-order valence-corrected chi connectivity index (χ1v) is 8.79. The van der Waals surface area contributed by atoms with E-state index >= 15 is 0 Å². The molecule has 0 aliphatic carbocycles. The summed E-state index contributed by atoms with van der Waals surface area (Å²) < 4.78 is 27.8. The van der Waals surface area contributed by atoms with E-state index < -0.39 is 33.5 Å². The second kappa shape index (κ2) is 6.99. The zero-order valence-electron chi connectivity index (χ0n) is 13.5. The van der Waals surface area contributed by atoms with Crippen molar-refractivity contribution in [2.75, 3.05) is 6.26 Å². The van der Waals surface area contributed by atoms with Gasteiger partial charge in [-0.25, -0.2) is 18.0 Å². The Bertz CT molecular complexity index is 673. The monoisotopic (exact) mass is 343 g/mol. The molecule has 0 radical (unpaired) electrons. The summed E-state index contributed by atoms with van der Waals surface area (Å²) in [5.74, 6) is -1.21. The molecule has 128 valence electrons. The SMILES string of the molecule is CC(C)(C)OC(=O)N[C@@H](Cc1ccc(S(C)(=O)=O)cc1)C(=O)O. The molecule has 0 aromatic heterocycles. The minimum atomic E-state index is -3.31. The fourth-order valence-electron chi connectivity index (χ4n) is 1.76. The second-order valence-electron chi connectivity index (χ2n) is 6.16. The van der Waals surface area contributed by atoms with E-state index in [1.54, 1.807) is 20.8 Å². The standard InChI is InChI=1S/C15H21NO6S/c1-15(2,3)22-14(19)16-12(13(17)18)9-10-5-7-11(8-6-10)23(4,20)21/h5-8,12H,9H2,1-4H3,(H,16,19)(H,17,18)/t12-/m0/s1. The molecule has 2 N–H and O–H groups in total. The molecule has 0 aliphatic heterocycles. The lowest BCUT2D eigenvalue weighted by Gasteiger charge is -2.22. The minimum absolute atomic E-state index is 0.0125. The molecule has 0 saturated heterocycles. The highest BCUT2D eigenvalue weighted by Gasteiger charge is 2.24. The van der Waals surface area contributed by atoms with Gasteiger partial charge in [-0.05, 0) is 38.5 Å². The number of carboxylic acid groups (broad SMARTS) is 1. The number of benzene rings is 1. The number of sulfone groups is 1. The third-order valence-corrected chi connectivity index (χ3v) is 3.91. The first-order valence-electron chi connectivity index (χ1n) is 6.90. The van der Waals surface area contributed by atoms with Crippen molar-refractivity contribution in [2.45, 2.75) is 43.7 Å². The van der Waals surface area contributed by atoms with Crippen LogP contribution in [-0.2, 0) is 25.8 Å². The van der Waals surface area contributed by atoms with Gasteiger partial charge in [0.15, 0.2) is 9.84 Å². The molecule has 1 atom stereocenters. The number of hydrogen-bond acceptors (Lipinski definition) is 5. The normalized spacial score (nSPS) is 13.2. The predicted octanol–water partition coefficient (Wildman–Crippen LogP) is 1.61. The maximum Gasteiger partial charge on any atom is 0.408 e. The van der Waals surface area contributed by atoms with Gasteiger partial charge in [-0.15, -0.1) is 0 Å². The fourth-order valence-corrected chi connectivity index (χ4v) is 2.39. The number of carbonyl (C=O) groups is 2. The highest BCUT2D eigenvalue weighted by atomic mass is 32.2. The average molecular weight is 343 g/mol. The first-order chi connectivity index (χ1) is 10.4. The van der Waals surface area contributed by atoms with Gasteiger partial charge in [-0.2, -0.15) is 0 Å². The number of nitrogens with one attached hydrogen (secondary N) is 1. The molecule has 1 aromatic carbocycles. The summed E-state index contributed by atoms with van der Waals surface area (Å²) in [6.45, 7) is 5.02. The molecule has 1 rings (SSSR count). The molecule has 0 fully saturated rings. The van der Waals surface area contributed by atoms with Gasteiger partial charge < -0.3 is 15.2 Å². The van der Waals surface area contributed by atoms with Crippen LogP contribution in [0.2, 0.25) is 0 Å². The Morgan fingerprint density at radius 3 is 2.13 bits per heavy atom. The Morgan fingerprint density at radius 1 is 1.22 bits per heavy atom. The predicted molar refractivity (Wildman–Crippen MR) is 84.0 cm³/mol. The lowest BCUT2D eigenvalue weighted by Crippen LogP contribution is -2.44. The molecular formula is C15H21NO6S. The molecule has 0 heterocycles. The van der Waals surface area contributed by atoms with E-state index in [2.05, 4.69) is 5.32 Å². The summed E-state index contributed by atoms with van der Waals surface area (Å²) in [6, 6.07) is 4.66. The largest absolute Gasteiger partial charge is 0.480 e. The van der Waals surface area contributed by atoms with E-state index in [-0.39, 0.29) is 11.3 Å². The Hall–Kier alpha value is -2.09. The van der Waals surface area contributed by atoms with Crippen molar-refractivity contribution in [1.82, 2.24) is 5.32 Å². The van der Waals surface area contributed by atoms with Crippen LogP contribution in [0, 0.1) is 0 Å². The van der Waals surface area contributed by atoms with Crippen LogP contribution in [0.4, 0.5) is 4.79 Å². The number of alkyl carbamates (subject to hydrolysis) is 1. The third-order valence-electron chi connectivity index (χ3n) is 2.78. The Kier molecular flexibility index (Phi) is 5.76. The van der Waals surface area contributed by atoms with Crippen LogP contribution in [0.15, 0.2) is 29.2 Å². The molecule has 7 nitrogen and oxygen atoms in total. The first kappa shape index (κ1) is 19.0. The zero-order valence-corrected chi connectivity index (χ0v) is 14.3. The maximum absolute atomic E-state index is 11.7. The summed E-state index contributed by atoms with van der Waals surface area (Å²) in [4.78, 5) is 23.1. The van der Waals surface area contributed by atoms with Gasteiger partial charge in [0.1, 0.15) is 11.6 Å². The number of rotatable bonds is 5. The van der Waals surface area contributed by atoms with Gasteiger partial charge in [0.25, 0.3) is 0 Å². The number of hydrogen-bond donors (Lipinski definition) is 2. The molecule has 1 amide bonds. The van der Waals surface area contributed by atoms with E-state index in [1.165, 1.54) is 24.3 Å². The number of ether oxygens (including phenoxy) is 1. The van der Waals surface area contributed by atoms with Crippen LogP contribution < -0.4 is 5.32 Å². The summed E-state index contributed by atoms with van der Waals surface area (Å²) in [6.07, 6.45) is 0.280. The molecule has 0 unspecified atom stereocenters. The van der Waals surface area contributed by atoms with Gasteiger partial charge in [0.2, 0.25) is 0 Å². The zero-order chi connectivity index (χ0) is 17.8. The second-order valence-corrected chi connectivity index (χ2v) is 8.17. The van der Waals surface area contributed by atoms with Crippen molar-refractivity contribution in [3.05, 3.63) is 29.8 Å². The highest BCUT2D eigenvalue weighted by molar-refractivity contribution is 7.90. The van der Waals surface area contributed by atoms with Crippen LogP contribution >= 0.6 is 0 Å². The van der Waals surface area contributed by atoms with Gasteiger partial charge in [-0.3, -0.25) is 0 Å². The Morgan fingerprint density at radius 2 is 1.74 bits per heavy atom. The van der Waals surface area contributed by atoms with Crippen molar-refractivity contribution in [3.63, 3.8) is 0 Å². The van der Waals surface area contributed by atoms with Gasteiger partial charge in [0.05, 0.1) is 4.90 Å². The Balaban J connectivity index is 2.81. The smallest absolute Gasteiger partial charge is 0.408 e. The van der Waals surface area contributed by atoms with E-state index in [4.69, 9.17) is 4.74 Å². The van der Waals surface area contributed by atoms with Crippen molar-refractivity contribution < 1.29 is 27.9 Å². The van der Waals surface area contributed by atoms with Crippen molar-refractivity contribution in [3.8, 4) is 0 Å². The molecule has 0 saturated carbocycles. The minimum Gasteiger partial charge on any atom is -0.480 e. The third kappa shape index (κ3) is 6.68. The average Bonchev–Trinajstić information content (AvgIpc) is 2.35. The molecule has 0 spiro atoms. The number of carboxylic acids is 1. The van der Waals surface area contributed by atoms with Crippen LogP contribution in [0.25, 0.3) is 0 Å². The molecule has 1 aromatic rings. The van der Waals surface area contributed by atoms with Crippen molar-refractivity contribution >= 4 is 21.9 Å². The molecule has 23 heavy (non-hydrogen) atoms. The van der Waals surface area contributed by atoms with E-state index in [9.17, 15) is 23.1 Å². The summed E-state index contributed by atoms with van der Waals surface area (Å²) >= 11 is 0. The summed E-state index contributed by atoms with van der Waals surface area (Å²) in [5, 5.41) is 11.5. The number of amides is 1. The molecular weight excluding hydrogens is 322 g/mol. The van der Waals surface area contributed by atoms with Gasteiger partial charge >= 0.3 is 12.1 Å². The quantitative estimate of drug-likeness (QED) is 0.840. The molecule has 0 bridgehead atoms.